The number of nitrogens with one attached hydrogen (secondary N) is 1. The largest absolute Gasteiger partial charge is 0.312 e. The van der Waals surface area contributed by atoms with Crippen molar-refractivity contribution in [2.75, 3.05) is 6.54 Å². The molecule has 2 rings (SSSR count). The predicted molar refractivity (Wildman–Crippen MR) is 83.9 cm³/mol. The van der Waals surface area contributed by atoms with Crippen molar-refractivity contribution in [3.63, 3.8) is 0 Å². The van der Waals surface area contributed by atoms with Crippen LogP contribution >= 0.6 is 11.3 Å². The molecule has 0 amide bonds. The number of rotatable bonds is 5. The molecule has 108 valence electrons. The molecule has 1 saturated carbocycles. The summed E-state index contributed by atoms with van der Waals surface area (Å²) in [4.78, 5) is 6.31. The lowest BCUT2D eigenvalue weighted by atomic mass is 9.92. The van der Waals surface area contributed by atoms with Gasteiger partial charge in [0, 0.05) is 17.3 Å². The second-order valence-corrected chi connectivity index (χ2v) is 6.89. The predicted octanol–water partition coefficient (Wildman–Crippen LogP) is 4.78. The molecule has 0 bridgehead atoms. The third kappa shape index (κ3) is 4.57. The summed E-state index contributed by atoms with van der Waals surface area (Å²) < 4.78 is 0. The summed E-state index contributed by atoms with van der Waals surface area (Å²) in [5.74, 6) is 0.740. The van der Waals surface area contributed by atoms with E-state index in [1.54, 1.807) is 0 Å². The van der Waals surface area contributed by atoms with E-state index in [-0.39, 0.29) is 0 Å². The van der Waals surface area contributed by atoms with Gasteiger partial charge in [-0.15, -0.1) is 11.3 Å². The molecule has 1 aromatic rings. The smallest absolute Gasteiger partial charge is 0.0962 e. The molecule has 0 radical (unpaired) electrons. The van der Waals surface area contributed by atoms with Gasteiger partial charge in [0.2, 0.25) is 0 Å². The van der Waals surface area contributed by atoms with Crippen LogP contribution in [0.5, 0.6) is 0 Å². The first-order valence-electron chi connectivity index (χ1n) is 7.98. The van der Waals surface area contributed by atoms with Gasteiger partial charge in [0.1, 0.15) is 0 Å². The van der Waals surface area contributed by atoms with Crippen molar-refractivity contribution in [2.45, 2.75) is 77.7 Å². The highest BCUT2D eigenvalue weighted by molar-refractivity contribution is 7.11. The normalized spacial score (nSPS) is 18.2. The topological polar surface area (TPSA) is 24.9 Å². The lowest BCUT2D eigenvalue weighted by Crippen LogP contribution is -2.13. The van der Waals surface area contributed by atoms with Gasteiger partial charge in [-0.1, -0.05) is 39.0 Å². The van der Waals surface area contributed by atoms with Crippen LogP contribution in [0.15, 0.2) is 0 Å². The molecule has 0 aromatic carbocycles. The molecule has 0 unspecified atom stereocenters. The van der Waals surface area contributed by atoms with Crippen LogP contribution in [0.25, 0.3) is 0 Å². The van der Waals surface area contributed by atoms with Gasteiger partial charge in [-0.2, -0.15) is 0 Å². The molecule has 3 heteroatoms. The molecular weight excluding hydrogens is 252 g/mol. The SMILES string of the molecule is CCCNCc1sc(C2CCCCCCC2)nc1C. The highest BCUT2D eigenvalue weighted by atomic mass is 32.1. The van der Waals surface area contributed by atoms with E-state index in [1.165, 1.54) is 66.9 Å². The Kier molecular flexibility index (Phi) is 6.32. The van der Waals surface area contributed by atoms with Crippen molar-refractivity contribution < 1.29 is 0 Å². The van der Waals surface area contributed by atoms with Crippen molar-refractivity contribution >= 4 is 11.3 Å². The zero-order chi connectivity index (χ0) is 13.5. The lowest BCUT2D eigenvalue weighted by molar-refractivity contribution is 0.454. The first-order valence-corrected chi connectivity index (χ1v) is 8.79. The summed E-state index contributed by atoms with van der Waals surface area (Å²) in [6, 6.07) is 0. The number of aromatic nitrogens is 1. The second-order valence-electron chi connectivity index (χ2n) is 5.78. The molecule has 0 spiro atoms. The zero-order valence-corrected chi connectivity index (χ0v) is 13.3. The van der Waals surface area contributed by atoms with Crippen LogP contribution in [-0.2, 0) is 6.54 Å². The van der Waals surface area contributed by atoms with E-state index in [9.17, 15) is 0 Å². The van der Waals surface area contributed by atoms with Crippen molar-refractivity contribution in [2.24, 2.45) is 0 Å². The monoisotopic (exact) mass is 280 g/mol. The molecule has 1 fully saturated rings. The Balaban J connectivity index is 1.96. The minimum absolute atomic E-state index is 0.740. The quantitative estimate of drug-likeness (QED) is 0.785. The summed E-state index contributed by atoms with van der Waals surface area (Å²) in [7, 11) is 0. The number of hydrogen-bond acceptors (Lipinski definition) is 3. The molecule has 1 aliphatic rings. The minimum Gasteiger partial charge on any atom is -0.312 e. The maximum atomic E-state index is 4.86. The van der Waals surface area contributed by atoms with E-state index in [1.807, 2.05) is 11.3 Å². The number of thiazole rings is 1. The Morgan fingerprint density at radius 1 is 1.16 bits per heavy atom. The molecule has 1 aromatic heterocycles. The Bertz CT molecular complexity index is 365. The number of aryl methyl sites for hydroxylation is 1. The van der Waals surface area contributed by atoms with Crippen LogP contribution in [0.1, 0.15) is 79.8 Å². The van der Waals surface area contributed by atoms with Gasteiger partial charge in [-0.05, 0) is 32.7 Å². The molecular formula is C16H28N2S. The Labute approximate surface area is 122 Å². The average molecular weight is 280 g/mol. The van der Waals surface area contributed by atoms with Gasteiger partial charge in [0.05, 0.1) is 10.7 Å². The van der Waals surface area contributed by atoms with E-state index in [2.05, 4.69) is 19.2 Å². The van der Waals surface area contributed by atoms with E-state index in [0.29, 0.717) is 0 Å². The highest BCUT2D eigenvalue weighted by Gasteiger charge is 2.18. The first kappa shape index (κ1) is 15.0. The Hall–Kier alpha value is -0.410. The fourth-order valence-electron chi connectivity index (χ4n) is 2.87. The van der Waals surface area contributed by atoms with Gasteiger partial charge >= 0.3 is 0 Å². The van der Waals surface area contributed by atoms with E-state index in [4.69, 9.17) is 4.98 Å². The van der Waals surface area contributed by atoms with Crippen molar-refractivity contribution in [3.05, 3.63) is 15.6 Å². The zero-order valence-electron chi connectivity index (χ0n) is 12.5. The van der Waals surface area contributed by atoms with Crippen LogP contribution in [0.2, 0.25) is 0 Å². The van der Waals surface area contributed by atoms with Gasteiger partial charge < -0.3 is 5.32 Å². The van der Waals surface area contributed by atoms with Crippen molar-refractivity contribution in [1.82, 2.24) is 10.3 Å². The Morgan fingerprint density at radius 2 is 1.84 bits per heavy atom. The van der Waals surface area contributed by atoms with Crippen LogP contribution in [0, 0.1) is 6.92 Å². The van der Waals surface area contributed by atoms with Crippen LogP contribution < -0.4 is 5.32 Å². The molecule has 1 aliphatic carbocycles. The third-order valence-electron chi connectivity index (χ3n) is 4.08. The standard InChI is InChI=1S/C16H28N2S/c1-3-11-17-12-15-13(2)18-16(19-15)14-9-7-5-4-6-8-10-14/h14,17H,3-12H2,1-2H3. The second kappa shape index (κ2) is 8.01. The molecule has 19 heavy (non-hydrogen) atoms. The summed E-state index contributed by atoms with van der Waals surface area (Å²) in [5.41, 5.74) is 1.26. The summed E-state index contributed by atoms with van der Waals surface area (Å²) in [6.45, 7) is 6.50. The summed E-state index contributed by atoms with van der Waals surface area (Å²) >= 11 is 1.96. The number of hydrogen-bond donors (Lipinski definition) is 1. The maximum absolute atomic E-state index is 4.86. The number of nitrogens with zero attached hydrogens (tertiary/aromatic N) is 1. The molecule has 1 heterocycles. The highest BCUT2D eigenvalue weighted by Crippen LogP contribution is 2.34. The Morgan fingerprint density at radius 3 is 2.53 bits per heavy atom. The van der Waals surface area contributed by atoms with Gasteiger partial charge in [-0.3, -0.25) is 0 Å². The van der Waals surface area contributed by atoms with Crippen LogP contribution in [-0.4, -0.2) is 11.5 Å². The van der Waals surface area contributed by atoms with Gasteiger partial charge in [0.15, 0.2) is 0 Å². The maximum Gasteiger partial charge on any atom is 0.0962 e. The molecule has 1 N–H and O–H groups in total. The van der Waals surface area contributed by atoms with Crippen LogP contribution in [0.4, 0.5) is 0 Å². The van der Waals surface area contributed by atoms with Gasteiger partial charge in [0.25, 0.3) is 0 Å². The lowest BCUT2D eigenvalue weighted by Gasteiger charge is -2.17. The molecule has 0 aliphatic heterocycles. The summed E-state index contributed by atoms with van der Waals surface area (Å²) in [6.07, 6.45) is 11.0. The van der Waals surface area contributed by atoms with E-state index >= 15 is 0 Å². The van der Waals surface area contributed by atoms with Crippen LogP contribution in [0.3, 0.4) is 0 Å². The van der Waals surface area contributed by atoms with Crippen molar-refractivity contribution in [1.29, 1.82) is 0 Å². The minimum atomic E-state index is 0.740. The molecule has 2 nitrogen and oxygen atoms in total. The summed E-state index contributed by atoms with van der Waals surface area (Å²) in [5, 5.41) is 4.91. The van der Waals surface area contributed by atoms with E-state index in [0.717, 1.165) is 19.0 Å². The average Bonchev–Trinajstić information content (AvgIpc) is 2.71. The van der Waals surface area contributed by atoms with Crippen molar-refractivity contribution in [3.8, 4) is 0 Å². The first-order chi connectivity index (χ1) is 9.31. The fraction of sp³-hybridized carbons (Fsp3) is 0.812. The van der Waals surface area contributed by atoms with E-state index < -0.39 is 0 Å². The molecule has 0 saturated heterocycles. The van der Waals surface area contributed by atoms with Gasteiger partial charge in [-0.25, -0.2) is 4.98 Å². The molecule has 0 atom stereocenters. The fourth-order valence-corrected chi connectivity index (χ4v) is 4.08. The third-order valence-corrected chi connectivity index (χ3v) is 5.40.